The van der Waals surface area contributed by atoms with Gasteiger partial charge in [-0.05, 0) is 29.1 Å². The Balaban J connectivity index is 1.71. The molecular formula is C16H16FN3OS. The average molecular weight is 317 g/mol. The topological polar surface area (TPSA) is 50.1 Å². The van der Waals surface area contributed by atoms with Crippen LogP contribution in [0.4, 0.5) is 10.1 Å². The molecule has 2 N–H and O–H groups in total. The smallest absolute Gasteiger partial charge is 0.131 e. The predicted molar refractivity (Wildman–Crippen MR) is 86.4 cm³/mol. The molecule has 0 fully saturated rings. The maximum atomic E-state index is 13.9. The number of aliphatic hydroxyl groups is 1. The van der Waals surface area contributed by atoms with Crippen LogP contribution in [0, 0.1) is 5.82 Å². The molecule has 2 aromatic heterocycles. The summed E-state index contributed by atoms with van der Waals surface area (Å²) in [7, 11) is 0. The predicted octanol–water partition coefficient (Wildman–Crippen LogP) is 3.36. The molecule has 114 valence electrons. The number of halogens is 1. The third kappa shape index (κ3) is 3.35. The minimum Gasteiger partial charge on any atom is -0.394 e. The van der Waals surface area contributed by atoms with Crippen molar-refractivity contribution >= 4 is 17.0 Å². The van der Waals surface area contributed by atoms with Gasteiger partial charge in [0.1, 0.15) is 5.82 Å². The maximum absolute atomic E-state index is 13.9. The van der Waals surface area contributed by atoms with E-state index in [1.54, 1.807) is 16.9 Å². The molecule has 22 heavy (non-hydrogen) atoms. The number of rotatable bonds is 6. The van der Waals surface area contributed by atoms with E-state index in [-0.39, 0.29) is 12.4 Å². The fourth-order valence-electron chi connectivity index (χ4n) is 2.19. The second-order valence-corrected chi connectivity index (χ2v) is 5.81. The number of nitrogens with one attached hydrogen (secondary N) is 1. The molecule has 0 saturated heterocycles. The van der Waals surface area contributed by atoms with Crippen molar-refractivity contribution in [2.75, 3.05) is 11.9 Å². The Morgan fingerprint density at radius 1 is 1.32 bits per heavy atom. The number of aliphatic hydroxyl groups excluding tert-OH is 1. The lowest BCUT2D eigenvalue weighted by molar-refractivity contribution is 0.269. The highest BCUT2D eigenvalue weighted by Gasteiger charge is 2.07. The molecular weight excluding hydrogens is 301 g/mol. The van der Waals surface area contributed by atoms with Crippen LogP contribution in [0.3, 0.4) is 0 Å². The number of hydrogen-bond donors (Lipinski definition) is 2. The van der Waals surface area contributed by atoms with Crippen LogP contribution in [0.2, 0.25) is 0 Å². The summed E-state index contributed by atoms with van der Waals surface area (Å²) < 4.78 is 15.6. The van der Waals surface area contributed by atoms with Crippen molar-refractivity contribution in [3.05, 3.63) is 59.5 Å². The summed E-state index contributed by atoms with van der Waals surface area (Å²) >= 11 is 1.52. The number of anilines is 1. The van der Waals surface area contributed by atoms with E-state index in [1.807, 2.05) is 29.8 Å². The molecule has 1 aromatic carbocycles. The molecule has 6 heteroatoms. The molecule has 0 saturated carbocycles. The molecule has 0 radical (unpaired) electrons. The first-order valence-electron chi connectivity index (χ1n) is 6.96. The number of thiophene rings is 1. The largest absolute Gasteiger partial charge is 0.394 e. The van der Waals surface area contributed by atoms with Gasteiger partial charge in [-0.2, -0.15) is 5.10 Å². The van der Waals surface area contributed by atoms with Gasteiger partial charge in [-0.3, -0.25) is 4.68 Å². The van der Waals surface area contributed by atoms with Crippen LogP contribution < -0.4 is 5.32 Å². The van der Waals surface area contributed by atoms with E-state index in [4.69, 9.17) is 5.11 Å². The molecule has 4 nitrogen and oxygen atoms in total. The van der Waals surface area contributed by atoms with Gasteiger partial charge in [0, 0.05) is 23.2 Å². The van der Waals surface area contributed by atoms with Crippen molar-refractivity contribution in [3.8, 4) is 10.4 Å². The van der Waals surface area contributed by atoms with Gasteiger partial charge in [-0.25, -0.2) is 4.39 Å². The zero-order chi connectivity index (χ0) is 15.4. The summed E-state index contributed by atoms with van der Waals surface area (Å²) in [5.41, 5.74) is 2.50. The van der Waals surface area contributed by atoms with Gasteiger partial charge in [-0.1, -0.05) is 12.1 Å². The number of benzene rings is 1. The molecule has 3 rings (SSSR count). The average Bonchev–Trinajstić information content (AvgIpc) is 3.18. The van der Waals surface area contributed by atoms with Gasteiger partial charge in [0.2, 0.25) is 0 Å². The Labute approximate surface area is 131 Å². The number of aromatic nitrogens is 2. The van der Waals surface area contributed by atoms with Crippen LogP contribution in [0.5, 0.6) is 0 Å². The van der Waals surface area contributed by atoms with Crippen molar-refractivity contribution in [2.24, 2.45) is 0 Å². The normalized spacial score (nSPS) is 10.8. The first-order valence-corrected chi connectivity index (χ1v) is 7.84. The Kier molecular flexibility index (Phi) is 4.50. The van der Waals surface area contributed by atoms with Crippen molar-refractivity contribution in [3.63, 3.8) is 0 Å². The van der Waals surface area contributed by atoms with E-state index in [0.29, 0.717) is 18.7 Å². The van der Waals surface area contributed by atoms with Crippen molar-refractivity contribution in [2.45, 2.75) is 13.1 Å². The first-order chi connectivity index (χ1) is 10.8. The number of hydrogen-bond acceptors (Lipinski definition) is 4. The van der Waals surface area contributed by atoms with Crippen molar-refractivity contribution in [1.82, 2.24) is 9.78 Å². The zero-order valence-electron chi connectivity index (χ0n) is 11.9. The Morgan fingerprint density at radius 3 is 3.00 bits per heavy atom. The Hall–Kier alpha value is -2.18. The second-order valence-electron chi connectivity index (χ2n) is 4.86. The summed E-state index contributed by atoms with van der Waals surface area (Å²) in [6.07, 6.45) is 3.54. The monoisotopic (exact) mass is 317 g/mol. The molecule has 0 aliphatic rings. The highest BCUT2D eigenvalue weighted by molar-refractivity contribution is 7.13. The van der Waals surface area contributed by atoms with Gasteiger partial charge in [-0.15, -0.1) is 11.3 Å². The summed E-state index contributed by atoms with van der Waals surface area (Å²) in [5.74, 6) is -0.207. The number of nitrogens with zero attached hydrogens (tertiary/aromatic N) is 2. The quantitative estimate of drug-likeness (QED) is 0.733. The summed E-state index contributed by atoms with van der Waals surface area (Å²) in [5, 5.41) is 18.2. The van der Waals surface area contributed by atoms with E-state index in [0.717, 1.165) is 16.1 Å². The third-order valence-electron chi connectivity index (χ3n) is 3.28. The molecule has 0 spiro atoms. The van der Waals surface area contributed by atoms with Crippen LogP contribution >= 0.6 is 11.3 Å². The maximum Gasteiger partial charge on any atom is 0.131 e. The van der Waals surface area contributed by atoms with Gasteiger partial charge in [0.15, 0.2) is 0 Å². The van der Waals surface area contributed by atoms with Gasteiger partial charge in [0.05, 0.1) is 25.0 Å². The third-order valence-corrected chi connectivity index (χ3v) is 4.18. The minimum atomic E-state index is -0.207. The first kappa shape index (κ1) is 14.7. The summed E-state index contributed by atoms with van der Waals surface area (Å²) in [6, 6.07) is 8.98. The van der Waals surface area contributed by atoms with Crippen LogP contribution in [-0.2, 0) is 13.1 Å². The minimum absolute atomic E-state index is 0.0588. The molecule has 3 aromatic rings. The highest BCUT2D eigenvalue weighted by atomic mass is 32.1. The lowest BCUT2D eigenvalue weighted by atomic mass is 10.1. The summed E-state index contributed by atoms with van der Waals surface area (Å²) in [4.78, 5) is 0.926. The molecule has 0 bridgehead atoms. The Bertz CT molecular complexity index is 740. The Morgan fingerprint density at radius 2 is 2.23 bits per heavy atom. The van der Waals surface area contributed by atoms with E-state index in [1.165, 1.54) is 17.4 Å². The zero-order valence-corrected chi connectivity index (χ0v) is 12.7. The van der Waals surface area contributed by atoms with Crippen LogP contribution in [0.15, 0.2) is 48.1 Å². The van der Waals surface area contributed by atoms with Gasteiger partial charge in [0.25, 0.3) is 0 Å². The molecule has 0 unspecified atom stereocenters. The molecule has 0 aliphatic carbocycles. The fourth-order valence-corrected chi connectivity index (χ4v) is 2.93. The van der Waals surface area contributed by atoms with E-state index >= 15 is 0 Å². The second kappa shape index (κ2) is 6.72. The lowest BCUT2D eigenvalue weighted by Gasteiger charge is -2.07. The van der Waals surface area contributed by atoms with Crippen LogP contribution in [0.1, 0.15) is 5.56 Å². The van der Waals surface area contributed by atoms with E-state index in [9.17, 15) is 4.39 Å². The van der Waals surface area contributed by atoms with E-state index < -0.39 is 0 Å². The highest BCUT2D eigenvalue weighted by Crippen LogP contribution is 2.28. The van der Waals surface area contributed by atoms with Crippen LogP contribution in [0.25, 0.3) is 10.4 Å². The van der Waals surface area contributed by atoms with Gasteiger partial charge < -0.3 is 10.4 Å². The van der Waals surface area contributed by atoms with Crippen molar-refractivity contribution < 1.29 is 9.50 Å². The SMILES string of the molecule is OCCn1cc(NCc2ccc(F)c(-c3cccs3)c2)cn1. The van der Waals surface area contributed by atoms with E-state index in [2.05, 4.69) is 10.4 Å². The molecule has 2 heterocycles. The molecule has 0 aliphatic heterocycles. The fraction of sp³-hybridized carbons (Fsp3) is 0.188. The lowest BCUT2D eigenvalue weighted by Crippen LogP contribution is -2.02. The molecule has 0 atom stereocenters. The van der Waals surface area contributed by atoms with Crippen LogP contribution in [-0.4, -0.2) is 21.5 Å². The van der Waals surface area contributed by atoms with Gasteiger partial charge >= 0.3 is 0 Å². The summed E-state index contributed by atoms with van der Waals surface area (Å²) in [6.45, 7) is 1.12. The molecule has 0 amide bonds. The standard InChI is InChI=1S/C16H16FN3OS/c17-15-4-3-12(8-14(15)16-2-1-7-22-16)9-18-13-10-19-20(11-13)5-6-21/h1-4,7-8,10-11,18,21H,5-6,9H2. The van der Waals surface area contributed by atoms with Crippen molar-refractivity contribution in [1.29, 1.82) is 0 Å².